The number of likely N-dealkylation sites (tertiary alicyclic amines) is 1. The lowest BCUT2D eigenvalue weighted by atomic mass is 9.92. The van der Waals surface area contributed by atoms with Gasteiger partial charge in [0.1, 0.15) is 0 Å². The van der Waals surface area contributed by atoms with E-state index in [0.717, 1.165) is 18.4 Å². The van der Waals surface area contributed by atoms with Crippen molar-refractivity contribution in [3.05, 3.63) is 0 Å². The van der Waals surface area contributed by atoms with Crippen molar-refractivity contribution in [2.24, 2.45) is 11.8 Å². The number of hydrogen-bond acceptors (Lipinski definition) is 2. The molecule has 0 bridgehead atoms. The van der Waals surface area contributed by atoms with Crippen molar-refractivity contribution in [2.75, 3.05) is 26.2 Å². The molecular weight excluding hydrogens is 196 g/mol. The lowest BCUT2D eigenvalue weighted by Crippen LogP contribution is -2.43. The predicted molar refractivity (Wildman–Crippen MR) is 71.8 cm³/mol. The first kappa shape index (κ1) is 14.0. The van der Waals surface area contributed by atoms with Crippen molar-refractivity contribution >= 4 is 0 Å². The minimum absolute atomic E-state index is 0.685. The van der Waals surface area contributed by atoms with Crippen LogP contribution in [0.2, 0.25) is 0 Å². The SMILES string of the molecule is CCCC(C)NCCN1CC(C)CC(C)C1. The molecule has 2 nitrogen and oxygen atoms in total. The summed E-state index contributed by atoms with van der Waals surface area (Å²) in [5.41, 5.74) is 0. The van der Waals surface area contributed by atoms with Crippen LogP contribution in [0.25, 0.3) is 0 Å². The van der Waals surface area contributed by atoms with Crippen molar-refractivity contribution in [3.8, 4) is 0 Å². The summed E-state index contributed by atoms with van der Waals surface area (Å²) in [6.07, 6.45) is 3.99. The van der Waals surface area contributed by atoms with E-state index in [0.29, 0.717) is 6.04 Å². The molecule has 1 N–H and O–H groups in total. The summed E-state index contributed by atoms with van der Waals surface area (Å²) in [7, 11) is 0. The summed E-state index contributed by atoms with van der Waals surface area (Å²) in [4.78, 5) is 2.63. The molecule has 0 saturated carbocycles. The molecule has 1 fully saturated rings. The Hall–Kier alpha value is -0.0800. The molecule has 0 aromatic carbocycles. The highest BCUT2D eigenvalue weighted by molar-refractivity contribution is 4.75. The van der Waals surface area contributed by atoms with Gasteiger partial charge in [0.25, 0.3) is 0 Å². The second kappa shape index (κ2) is 7.29. The van der Waals surface area contributed by atoms with Crippen molar-refractivity contribution in [1.82, 2.24) is 10.2 Å². The zero-order valence-electron chi connectivity index (χ0n) is 11.6. The Kier molecular flexibility index (Phi) is 6.37. The van der Waals surface area contributed by atoms with E-state index in [1.54, 1.807) is 0 Å². The number of nitrogens with one attached hydrogen (secondary N) is 1. The van der Waals surface area contributed by atoms with Crippen LogP contribution in [0.4, 0.5) is 0 Å². The molecule has 0 aliphatic carbocycles. The normalized spacial score (nSPS) is 29.2. The first-order chi connectivity index (χ1) is 7.61. The van der Waals surface area contributed by atoms with Crippen LogP contribution in [0.5, 0.6) is 0 Å². The number of hydrogen-bond donors (Lipinski definition) is 1. The maximum Gasteiger partial charge on any atom is 0.0107 e. The molecule has 0 radical (unpaired) electrons. The van der Waals surface area contributed by atoms with Gasteiger partial charge < -0.3 is 10.2 Å². The fourth-order valence-corrected chi connectivity index (χ4v) is 2.98. The second-order valence-corrected chi connectivity index (χ2v) is 5.85. The summed E-state index contributed by atoms with van der Waals surface area (Å²) < 4.78 is 0. The number of piperidine rings is 1. The molecule has 16 heavy (non-hydrogen) atoms. The van der Waals surface area contributed by atoms with Crippen LogP contribution in [0.3, 0.4) is 0 Å². The van der Waals surface area contributed by atoms with E-state index in [-0.39, 0.29) is 0 Å². The molecule has 0 aromatic rings. The van der Waals surface area contributed by atoms with E-state index in [1.807, 2.05) is 0 Å². The van der Waals surface area contributed by atoms with E-state index in [4.69, 9.17) is 0 Å². The molecule has 1 rings (SSSR count). The summed E-state index contributed by atoms with van der Waals surface area (Å²) in [6, 6.07) is 0.685. The van der Waals surface area contributed by atoms with Crippen molar-refractivity contribution in [3.63, 3.8) is 0 Å². The van der Waals surface area contributed by atoms with Crippen LogP contribution in [0, 0.1) is 11.8 Å². The van der Waals surface area contributed by atoms with Gasteiger partial charge in [0.2, 0.25) is 0 Å². The van der Waals surface area contributed by atoms with Crippen molar-refractivity contribution in [2.45, 2.75) is 53.0 Å². The molecule has 0 spiro atoms. The van der Waals surface area contributed by atoms with Gasteiger partial charge in [0.05, 0.1) is 0 Å². The van der Waals surface area contributed by atoms with Gasteiger partial charge in [-0.25, -0.2) is 0 Å². The Bertz CT molecular complexity index is 172. The Morgan fingerprint density at radius 1 is 1.25 bits per heavy atom. The largest absolute Gasteiger partial charge is 0.313 e. The van der Waals surface area contributed by atoms with E-state index < -0.39 is 0 Å². The Morgan fingerprint density at radius 2 is 1.88 bits per heavy atom. The van der Waals surface area contributed by atoms with Gasteiger partial charge in [-0.15, -0.1) is 0 Å². The van der Waals surface area contributed by atoms with E-state index in [1.165, 1.54) is 38.9 Å². The zero-order chi connectivity index (χ0) is 12.0. The first-order valence-electron chi connectivity index (χ1n) is 7.07. The molecule has 2 heteroatoms. The lowest BCUT2D eigenvalue weighted by Gasteiger charge is -2.35. The molecule has 3 unspecified atom stereocenters. The monoisotopic (exact) mass is 226 g/mol. The van der Waals surface area contributed by atoms with Crippen LogP contribution >= 0.6 is 0 Å². The predicted octanol–water partition coefficient (Wildman–Crippen LogP) is 2.74. The van der Waals surface area contributed by atoms with Crippen LogP contribution in [-0.2, 0) is 0 Å². The van der Waals surface area contributed by atoms with Gasteiger partial charge in [-0.2, -0.15) is 0 Å². The second-order valence-electron chi connectivity index (χ2n) is 5.85. The van der Waals surface area contributed by atoms with Crippen molar-refractivity contribution in [1.29, 1.82) is 0 Å². The summed E-state index contributed by atoms with van der Waals surface area (Å²) in [5, 5.41) is 3.62. The minimum Gasteiger partial charge on any atom is -0.313 e. The lowest BCUT2D eigenvalue weighted by molar-refractivity contribution is 0.141. The van der Waals surface area contributed by atoms with E-state index in [2.05, 4.69) is 37.9 Å². The molecule has 1 aliphatic rings. The Labute approximate surface area is 102 Å². The zero-order valence-corrected chi connectivity index (χ0v) is 11.6. The molecular formula is C14H30N2. The fourth-order valence-electron chi connectivity index (χ4n) is 2.98. The summed E-state index contributed by atoms with van der Waals surface area (Å²) in [6.45, 7) is 14.3. The third-order valence-corrected chi connectivity index (χ3v) is 3.59. The van der Waals surface area contributed by atoms with Crippen LogP contribution < -0.4 is 5.32 Å². The molecule has 1 heterocycles. The average Bonchev–Trinajstić information content (AvgIpc) is 2.16. The third-order valence-electron chi connectivity index (χ3n) is 3.59. The summed E-state index contributed by atoms with van der Waals surface area (Å²) >= 11 is 0. The minimum atomic E-state index is 0.685. The standard InChI is InChI=1S/C14H30N2/c1-5-6-14(4)15-7-8-16-10-12(2)9-13(3)11-16/h12-15H,5-11H2,1-4H3. The fraction of sp³-hybridized carbons (Fsp3) is 1.00. The van der Waals surface area contributed by atoms with Crippen LogP contribution in [-0.4, -0.2) is 37.1 Å². The van der Waals surface area contributed by atoms with Crippen LogP contribution in [0.15, 0.2) is 0 Å². The number of nitrogens with zero attached hydrogens (tertiary/aromatic N) is 1. The van der Waals surface area contributed by atoms with E-state index in [9.17, 15) is 0 Å². The van der Waals surface area contributed by atoms with Crippen LogP contribution in [0.1, 0.15) is 47.0 Å². The van der Waals surface area contributed by atoms with Gasteiger partial charge in [-0.1, -0.05) is 27.2 Å². The smallest absolute Gasteiger partial charge is 0.0107 e. The quantitative estimate of drug-likeness (QED) is 0.749. The molecule has 0 aromatic heterocycles. The molecule has 96 valence electrons. The highest BCUT2D eigenvalue weighted by Gasteiger charge is 2.20. The van der Waals surface area contributed by atoms with Gasteiger partial charge in [0, 0.05) is 32.2 Å². The van der Waals surface area contributed by atoms with Crippen molar-refractivity contribution < 1.29 is 0 Å². The number of rotatable bonds is 6. The van der Waals surface area contributed by atoms with Gasteiger partial charge >= 0.3 is 0 Å². The van der Waals surface area contributed by atoms with Gasteiger partial charge in [0.15, 0.2) is 0 Å². The Morgan fingerprint density at radius 3 is 2.44 bits per heavy atom. The molecule has 1 saturated heterocycles. The maximum absolute atomic E-state index is 3.62. The maximum atomic E-state index is 3.62. The average molecular weight is 226 g/mol. The topological polar surface area (TPSA) is 15.3 Å². The summed E-state index contributed by atoms with van der Waals surface area (Å²) in [5.74, 6) is 1.77. The molecule has 3 atom stereocenters. The van der Waals surface area contributed by atoms with Gasteiger partial charge in [-0.3, -0.25) is 0 Å². The first-order valence-corrected chi connectivity index (χ1v) is 7.07. The highest BCUT2D eigenvalue weighted by atomic mass is 15.1. The molecule has 0 amide bonds. The van der Waals surface area contributed by atoms with Gasteiger partial charge in [-0.05, 0) is 31.6 Å². The van der Waals surface area contributed by atoms with E-state index >= 15 is 0 Å². The Balaban J connectivity index is 2.12. The highest BCUT2D eigenvalue weighted by Crippen LogP contribution is 2.20. The molecule has 1 aliphatic heterocycles. The third kappa shape index (κ3) is 5.31.